The van der Waals surface area contributed by atoms with Crippen LogP contribution in [0, 0.1) is 0 Å². The van der Waals surface area contributed by atoms with Crippen molar-refractivity contribution in [1.29, 1.82) is 0 Å². The Morgan fingerprint density at radius 1 is 1.40 bits per heavy atom. The minimum Gasteiger partial charge on any atom is -0.496 e. The summed E-state index contributed by atoms with van der Waals surface area (Å²) in [6.45, 7) is 2.05. The highest BCUT2D eigenvalue weighted by Gasteiger charge is 2.30. The Morgan fingerprint density at radius 3 is 2.80 bits per heavy atom. The molecule has 0 saturated heterocycles. The van der Waals surface area contributed by atoms with Gasteiger partial charge in [-0.05, 0) is 25.8 Å². The summed E-state index contributed by atoms with van der Waals surface area (Å²) >= 11 is 1.76. The Labute approximate surface area is 123 Å². The van der Waals surface area contributed by atoms with Gasteiger partial charge in [0.2, 0.25) is 0 Å². The molecule has 4 heteroatoms. The average Bonchev–Trinajstić information content (AvgIpc) is 3.20. The maximum atomic E-state index is 6.09. The first kappa shape index (κ1) is 13.6. The number of rotatable bonds is 5. The van der Waals surface area contributed by atoms with Crippen LogP contribution in [0.5, 0.6) is 5.75 Å². The van der Waals surface area contributed by atoms with Crippen LogP contribution in [0.3, 0.4) is 0 Å². The molecule has 1 fully saturated rings. The van der Waals surface area contributed by atoms with E-state index in [-0.39, 0.29) is 6.04 Å². The highest BCUT2D eigenvalue weighted by atomic mass is 32.1. The fraction of sp³-hybridized carbons (Fsp3) is 0.438. The molecule has 1 heterocycles. The van der Waals surface area contributed by atoms with Crippen LogP contribution in [-0.4, -0.2) is 12.1 Å². The molecule has 0 spiro atoms. The minimum absolute atomic E-state index is 0.0783. The predicted octanol–water partition coefficient (Wildman–Crippen LogP) is 3.64. The molecule has 106 valence electrons. The highest BCUT2D eigenvalue weighted by molar-refractivity contribution is 7.11. The lowest BCUT2D eigenvalue weighted by Gasteiger charge is -2.05. The first-order valence-electron chi connectivity index (χ1n) is 7.06. The van der Waals surface area contributed by atoms with E-state index in [1.165, 1.54) is 29.0 Å². The van der Waals surface area contributed by atoms with Crippen LogP contribution in [0.4, 0.5) is 0 Å². The topological polar surface area (TPSA) is 48.1 Å². The van der Waals surface area contributed by atoms with Gasteiger partial charge in [0.25, 0.3) is 0 Å². The fourth-order valence-electron chi connectivity index (χ4n) is 2.45. The maximum Gasteiger partial charge on any atom is 0.122 e. The normalized spacial score (nSPS) is 16.1. The molecule has 1 atom stereocenters. The molecule has 0 bridgehead atoms. The molecule has 1 aromatic carbocycles. The first-order valence-corrected chi connectivity index (χ1v) is 7.87. The molecular weight excluding hydrogens is 268 g/mol. The van der Waals surface area contributed by atoms with Gasteiger partial charge in [-0.3, -0.25) is 0 Å². The van der Waals surface area contributed by atoms with Gasteiger partial charge in [-0.25, -0.2) is 4.98 Å². The Balaban J connectivity index is 1.89. The number of nitrogens with two attached hydrogens (primary N) is 1. The molecule has 0 radical (unpaired) electrons. The van der Waals surface area contributed by atoms with E-state index in [0.29, 0.717) is 5.92 Å². The molecule has 1 aliphatic carbocycles. The molecule has 3 nitrogen and oxygen atoms in total. The van der Waals surface area contributed by atoms with E-state index in [1.807, 2.05) is 25.1 Å². The largest absolute Gasteiger partial charge is 0.496 e. The van der Waals surface area contributed by atoms with Crippen LogP contribution in [-0.2, 0) is 6.42 Å². The zero-order valence-electron chi connectivity index (χ0n) is 11.9. The number of nitrogens with zero attached hydrogens (tertiary/aromatic N) is 1. The summed E-state index contributed by atoms with van der Waals surface area (Å²) in [6.07, 6.45) is 3.34. The Morgan fingerprint density at radius 2 is 2.15 bits per heavy atom. The summed E-state index contributed by atoms with van der Waals surface area (Å²) in [7, 11) is 1.71. The van der Waals surface area contributed by atoms with E-state index in [1.54, 1.807) is 18.4 Å². The number of ether oxygens (including phenoxy) is 1. The predicted molar refractivity (Wildman–Crippen MR) is 82.5 cm³/mol. The number of hydrogen-bond acceptors (Lipinski definition) is 4. The number of benzene rings is 1. The summed E-state index contributed by atoms with van der Waals surface area (Å²) in [5.41, 5.74) is 8.52. The Hall–Kier alpha value is -1.39. The maximum absolute atomic E-state index is 6.09. The van der Waals surface area contributed by atoms with Crippen molar-refractivity contribution in [3.8, 4) is 5.75 Å². The van der Waals surface area contributed by atoms with Crippen molar-refractivity contribution in [3.05, 3.63) is 45.4 Å². The van der Waals surface area contributed by atoms with Crippen LogP contribution < -0.4 is 10.5 Å². The van der Waals surface area contributed by atoms with Crippen LogP contribution in [0.2, 0.25) is 0 Å². The van der Waals surface area contributed by atoms with Crippen LogP contribution in [0.15, 0.2) is 24.3 Å². The Bertz CT molecular complexity index is 583. The van der Waals surface area contributed by atoms with Gasteiger partial charge < -0.3 is 10.5 Å². The molecule has 2 aromatic rings. The van der Waals surface area contributed by atoms with Crippen LogP contribution in [0.1, 0.15) is 52.9 Å². The lowest BCUT2D eigenvalue weighted by molar-refractivity contribution is 0.410. The van der Waals surface area contributed by atoms with Crippen molar-refractivity contribution in [2.75, 3.05) is 7.11 Å². The zero-order valence-corrected chi connectivity index (χ0v) is 12.7. The van der Waals surface area contributed by atoms with Gasteiger partial charge in [0.15, 0.2) is 0 Å². The van der Waals surface area contributed by atoms with Crippen molar-refractivity contribution in [1.82, 2.24) is 4.98 Å². The fourth-order valence-corrected chi connectivity index (χ4v) is 3.58. The van der Waals surface area contributed by atoms with Crippen molar-refractivity contribution in [3.63, 3.8) is 0 Å². The SMILES string of the molecule is COc1ccccc1Cc1nc(C2CC2)c(C(C)N)s1. The van der Waals surface area contributed by atoms with Gasteiger partial charge >= 0.3 is 0 Å². The molecule has 20 heavy (non-hydrogen) atoms. The van der Waals surface area contributed by atoms with Gasteiger partial charge in [0.05, 0.1) is 17.8 Å². The molecule has 2 N–H and O–H groups in total. The third-order valence-electron chi connectivity index (χ3n) is 3.64. The second-order valence-electron chi connectivity index (χ2n) is 5.41. The van der Waals surface area contributed by atoms with Gasteiger partial charge in [0.1, 0.15) is 5.75 Å². The van der Waals surface area contributed by atoms with Crippen molar-refractivity contribution in [2.45, 2.75) is 38.1 Å². The van der Waals surface area contributed by atoms with Gasteiger partial charge in [-0.15, -0.1) is 11.3 Å². The molecule has 1 aromatic heterocycles. The summed E-state index contributed by atoms with van der Waals surface area (Å²) in [6, 6.07) is 8.21. The van der Waals surface area contributed by atoms with Crippen LogP contribution >= 0.6 is 11.3 Å². The smallest absolute Gasteiger partial charge is 0.122 e. The number of hydrogen-bond donors (Lipinski definition) is 1. The monoisotopic (exact) mass is 288 g/mol. The molecule has 1 aliphatic rings. The van der Waals surface area contributed by atoms with E-state index in [9.17, 15) is 0 Å². The number of aromatic nitrogens is 1. The highest BCUT2D eigenvalue weighted by Crippen LogP contribution is 2.44. The Kier molecular flexibility index (Phi) is 3.76. The quantitative estimate of drug-likeness (QED) is 0.913. The lowest BCUT2D eigenvalue weighted by Crippen LogP contribution is -2.05. The number of methoxy groups -OCH3 is 1. The molecular formula is C16H20N2OS. The summed E-state index contributed by atoms with van der Waals surface area (Å²) < 4.78 is 5.41. The van der Waals surface area contributed by atoms with E-state index >= 15 is 0 Å². The third kappa shape index (κ3) is 2.72. The number of thiazole rings is 1. The average molecular weight is 288 g/mol. The molecule has 0 aliphatic heterocycles. The zero-order chi connectivity index (χ0) is 14.1. The minimum atomic E-state index is 0.0783. The summed E-state index contributed by atoms with van der Waals surface area (Å²) in [4.78, 5) is 6.11. The van der Waals surface area contributed by atoms with E-state index in [2.05, 4.69) is 6.07 Å². The van der Waals surface area contributed by atoms with Gasteiger partial charge in [-0.1, -0.05) is 18.2 Å². The molecule has 0 amide bonds. The molecule has 3 rings (SSSR count). The van der Waals surface area contributed by atoms with Crippen molar-refractivity contribution < 1.29 is 4.74 Å². The van der Waals surface area contributed by atoms with Gasteiger partial charge in [0, 0.05) is 28.8 Å². The van der Waals surface area contributed by atoms with E-state index in [4.69, 9.17) is 15.5 Å². The van der Waals surface area contributed by atoms with Crippen molar-refractivity contribution >= 4 is 11.3 Å². The number of para-hydroxylation sites is 1. The van der Waals surface area contributed by atoms with Crippen molar-refractivity contribution in [2.24, 2.45) is 5.73 Å². The standard InChI is InChI=1S/C16H20N2OS/c1-10(17)16-15(11-7-8-11)18-14(20-16)9-12-5-3-4-6-13(12)19-2/h3-6,10-11H,7-9,17H2,1-2H3. The lowest BCUT2D eigenvalue weighted by atomic mass is 10.1. The first-order chi connectivity index (χ1) is 9.69. The molecule has 1 unspecified atom stereocenters. The second kappa shape index (κ2) is 5.54. The summed E-state index contributed by atoms with van der Waals surface area (Å²) in [5.74, 6) is 1.58. The second-order valence-corrected chi connectivity index (χ2v) is 6.52. The van der Waals surface area contributed by atoms with E-state index < -0.39 is 0 Å². The van der Waals surface area contributed by atoms with Gasteiger partial charge in [-0.2, -0.15) is 0 Å². The summed E-state index contributed by atoms with van der Waals surface area (Å²) in [5, 5.41) is 1.14. The third-order valence-corrected chi connectivity index (χ3v) is 4.91. The molecule has 1 saturated carbocycles. The van der Waals surface area contributed by atoms with Crippen LogP contribution in [0.25, 0.3) is 0 Å². The van der Waals surface area contributed by atoms with E-state index in [0.717, 1.165) is 17.2 Å².